The molecule has 3 rings (SSSR count). The number of carbonyl (C=O) groups is 1. The van der Waals surface area contributed by atoms with Crippen molar-refractivity contribution >= 4 is 23.2 Å². The average molecular weight is 332 g/mol. The lowest BCUT2D eigenvalue weighted by atomic mass is 9.75. The second kappa shape index (κ2) is 7.33. The van der Waals surface area contributed by atoms with Crippen molar-refractivity contribution in [1.82, 2.24) is 4.90 Å². The second-order valence-corrected chi connectivity index (χ2v) is 7.09. The van der Waals surface area contributed by atoms with Crippen LogP contribution in [-0.2, 0) is 4.79 Å². The number of piperidine rings is 1. The highest BCUT2D eigenvalue weighted by molar-refractivity contribution is 6.32. The van der Waals surface area contributed by atoms with E-state index in [1.54, 1.807) is 18.2 Å². The highest BCUT2D eigenvalue weighted by Crippen LogP contribution is 2.35. The van der Waals surface area contributed by atoms with E-state index in [0.717, 1.165) is 24.9 Å². The van der Waals surface area contributed by atoms with Gasteiger partial charge in [-0.15, -0.1) is 0 Å². The normalized spacial score (nSPS) is 24.5. The third-order valence-corrected chi connectivity index (χ3v) is 5.43. The van der Waals surface area contributed by atoms with Crippen molar-refractivity contribution in [2.45, 2.75) is 32.1 Å². The van der Waals surface area contributed by atoms with Crippen LogP contribution in [0.1, 0.15) is 37.7 Å². The van der Waals surface area contributed by atoms with Crippen molar-refractivity contribution in [2.24, 2.45) is 11.8 Å². The molecule has 1 heterocycles. The van der Waals surface area contributed by atoms with E-state index in [0.29, 0.717) is 22.8 Å². The van der Waals surface area contributed by atoms with Crippen LogP contribution in [0.5, 0.6) is 0 Å². The van der Waals surface area contributed by atoms with E-state index in [1.165, 1.54) is 32.1 Å². The van der Waals surface area contributed by atoms with Gasteiger partial charge in [-0.3, -0.25) is 9.69 Å². The molecule has 0 spiro atoms. The fourth-order valence-electron chi connectivity index (χ4n) is 3.91. The number of anilines is 1. The summed E-state index contributed by atoms with van der Waals surface area (Å²) in [5.41, 5.74) is 1.07. The lowest BCUT2D eigenvalue weighted by Crippen LogP contribution is -2.44. The molecule has 2 atom stereocenters. The zero-order chi connectivity index (χ0) is 16.2. The quantitative estimate of drug-likeness (QED) is 0.919. The van der Waals surface area contributed by atoms with Gasteiger partial charge in [-0.2, -0.15) is 5.26 Å². The smallest absolute Gasteiger partial charge is 0.238 e. The number of benzene rings is 1. The molecule has 2 fully saturated rings. The van der Waals surface area contributed by atoms with Gasteiger partial charge in [0.25, 0.3) is 0 Å². The summed E-state index contributed by atoms with van der Waals surface area (Å²) < 4.78 is 0. The van der Waals surface area contributed by atoms with Crippen LogP contribution < -0.4 is 5.32 Å². The molecule has 0 aromatic heterocycles. The van der Waals surface area contributed by atoms with Crippen molar-refractivity contribution in [3.63, 3.8) is 0 Å². The maximum absolute atomic E-state index is 12.2. The van der Waals surface area contributed by atoms with Crippen molar-refractivity contribution in [3.05, 3.63) is 28.8 Å². The topological polar surface area (TPSA) is 56.1 Å². The van der Waals surface area contributed by atoms with Crippen molar-refractivity contribution in [3.8, 4) is 6.07 Å². The number of rotatable bonds is 3. The van der Waals surface area contributed by atoms with Crippen LogP contribution in [0.2, 0.25) is 5.02 Å². The molecule has 5 heteroatoms. The lowest BCUT2D eigenvalue weighted by molar-refractivity contribution is -0.118. The standard InChI is InChI=1S/C18H22ClN3O/c19-17-9-16(6-5-14(17)10-20)21-18(23)12-22-8-7-13-3-1-2-4-15(13)11-22/h5-6,9,13,15H,1-4,7-8,11-12H2,(H,21,23)/t13-,15+/m0/s1. The Morgan fingerprint density at radius 2 is 2.09 bits per heavy atom. The first kappa shape index (κ1) is 16.3. The third-order valence-electron chi connectivity index (χ3n) is 5.12. The lowest BCUT2D eigenvalue weighted by Gasteiger charge is -2.41. The summed E-state index contributed by atoms with van der Waals surface area (Å²) in [4.78, 5) is 14.5. The molecule has 1 N–H and O–H groups in total. The number of hydrogen-bond acceptors (Lipinski definition) is 3. The predicted molar refractivity (Wildman–Crippen MR) is 91.3 cm³/mol. The Hall–Kier alpha value is -1.57. The molecule has 1 saturated heterocycles. The Labute approximate surface area is 142 Å². The number of hydrogen-bond donors (Lipinski definition) is 1. The highest BCUT2D eigenvalue weighted by atomic mass is 35.5. The Morgan fingerprint density at radius 1 is 1.30 bits per heavy atom. The number of nitrogens with zero attached hydrogens (tertiary/aromatic N) is 2. The van der Waals surface area contributed by atoms with Gasteiger partial charge in [0.15, 0.2) is 0 Å². The second-order valence-electron chi connectivity index (χ2n) is 6.68. The molecule has 0 unspecified atom stereocenters. The third kappa shape index (κ3) is 4.04. The van der Waals surface area contributed by atoms with Crippen LogP contribution in [0.15, 0.2) is 18.2 Å². The summed E-state index contributed by atoms with van der Waals surface area (Å²) in [7, 11) is 0. The minimum atomic E-state index is -0.0139. The first-order valence-corrected chi connectivity index (χ1v) is 8.75. The Morgan fingerprint density at radius 3 is 2.83 bits per heavy atom. The number of carbonyl (C=O) groups excluding carboxylic acids is 1. The van der Waals surface area contributed by atoms with Crippen LogP contribution in [0, 0.1) is 23.2 Å². The van der Waals surface area contributed by atoms with E-state index in [4.69, 9.17) is 16.9 Å². The van der Waals surface area contributed by atoms with E-state index in [9.17, 15) is 4.79 Å². The van der Waals surface area contributed by atoms with E-state index in [-0.39, 0.29) is 5.91 Å². The average Bonchev–Trinajstić information content (AvgIpc) is 2.55. The molecule has 4 nitrogen and oxygen atoms in total. The Balaban J connectivity index is 1.53. The van der Waals surface area contributed by atoms with Gasteiger partial charge in [0.2, 0.25) is 5.91 Å². The summed E-state index contributed by atoms with van der Waals surface area (Å²) in [6.45, 7) is 2.50. The van der Waals surface area contributed by atoms with Gasteiger partial charge in [-0.25, -0.2) is 0 Å². The van der Waals surface area contributed by atoms with Gasteiger partial charge in [0.05, 0.1) is 17.1 Å². The molecule has 122 valence electrons. The van der Waals surface area contributed by atoms with Crippen molar-refractivity contribution < 1.29 is 4.79 Å². The monoisotopic (exact) mass is 331 g/mol. The zero-order valence-corrected chi connectivity index (χ0v) is 14.0. The SMILES string of the molecule is N#Cc1ccc(NC(=O)CN2CC[C@@H]3CCCC[C@@H]3C2)cc1Cl. The number of nitrogens with one attached hydrogen (secondary N) is 1. The van der Waals surface area contributed by atoms with Gasteiger partial charge in [-0.05, 0) is 49.4 Å². The zero-order valence-electron chi connectivity index (χ0n) is 13.2. The highest BCUT2D eigenvalue weighted by Gasteiger charge is 2.31. The maximum Gasteiger partial charge on any atom is 0.238 e. The van der Waals surface area contributed by atoms with E-state index >= 15 is 0 Å². The minimum Gasteiger partial charge on any atom is -0.325 e. The van der Waals surface area contributed by atoms with Crippen LogP contribution in [0.3, 0.4) is 0 Å². The van der Waals surface area contributed by atoms with Crippen LogP contribution in [0.4, 0.5) is 5.69 Å². The summed E-state index contributed by atoms with van der Waals surface area (Å²) in [5.74, 6) is 1.63. The van der Waals surface area contributed by atoms with E-state index in [2.05, 4.69) is 10.2 Å². The summed E-state index contributed by atoms with van der Waals surface area (Å²) in [6, 6.07) is 6.99. The van der Waals surface area contributed by atoms with Crippen LogP contribution >= 0.6 is 11.6 Å². The van der Waals surface area contributed by atoms with Gasteiger partial charge in [-0.1, -0.05) is 30.9 Å². The summed E-state index contributed by atoms with van der Waals surface area (Å²) in [6.07, 6.45) is 6.62. The molecule has 1 aromatic rings. The maximum atomic E-state index is 12.2. The molecule has 1 saturated carbocycles. The van der Waals surface area contributed by atoms with Crippen molar-refractivity contribution in [2.75, 3.05) is 25.0 Å². The summed E-state index contributed by atoms with van der Waals surface area (Å²) >= 11 is 6.00. The Bertz CT molecular complexity index is 625. The number of nitriles is 1. The summed E-state index contributed by atoms with van der Waals surface area (Å²) in [5, 5.41) is 12.1. The molecule has 1 aliphatic heterocycles. The minimum absolute atomic E-state index is 0.0139. The fourth-order valence-corrected chi connectivity index (χ4v) is 4.13. The largest absolute Gasteiger partial charge is 0.325 e. The van der Waals surface area contributed by atoms with Crippen LogP contribution in [0.25, 0.3) is 0 Å². The fraction of sp³-hybridized carbons (Fsp3) is 0.556. The molecule has 0 radical (unpaired) electrons. The van der Waals surface area contributed by atoms with Crippen molar-refractivity contribution in [1.29, 1.82) is 5.26 Å². The predicted octanol–water partition coefficient (Wildman–Crippen LogP) is 3.66. The van der Waals surface area contributed by atoms with E-state index in [1.807, 2.05) is 6.07 Å². The number of halogens is 1. The van der Waals surface area contributed by atoms with Gasteiger partial charge in [0.1, 0.15) is 6.07 Å². The first-order valence-electron chi connectivity index (χ1n) is 8.37. The molecular weight excluding hydrogens is 310 g/mol. The van der Waals surface area contributed by atoms with Gasteiger partial charge in [0, 0.05) is 12.2 Å². The molecule has 0 bridgehead atoms. The molecule has 1 aliphatic carbocycles. The molecule has 1 amide bonds. The number of fused-ring (bicyclic) bond motifs is 1. The van der Waals surface area contributed by atoms with E-state index < -0.39 is 0 Å². The number of likely N-dealkylation sites (tertiary alicyclic amines) is 1. The molecular formula is C18H22ClN3O. The van der Waals surface area contributed by atoms with Gasteiger partial charge < -0.3 is 5.32 Å². The molecule has 2 aliphatic rings. The Kier molecular flexibility index (Phi) is 5.20. The molecule has 1 aromatic carbocycles. The molecule has 23 heavy (non-hydrogen) atoms. The number of amides is 1. The first-order chi connectivity index (χ1) is 11.2. The van der Waals surface area contributed by atoms with Gasteiger partial charge >= 0.3 is 0 Å². The van der Waals surface area contributed by atoms with Crippen LogP contribution in [-0.4, -0.2) is 30.4 Å².